The van der Waals surface area contributed by atoms with Gasteiger partial charge in [0, 0.05) is 10.5 Å². The van der Waals surface area contributed by atoms with E-state index in [-0.39, 0.29) is 23.5 Å². The Morgan fingerprint density at radius 1 is 1.24 bits per heavy atom. The lowest BCUT2D eigenvalue weighted by Crippen LogP contribution is -2.07. The molecule has 0 amide bonds. The first-order valence-electron chi connectivity index (χ1n) is 7.44. The van der Waals surface area contributed by atoms with Gasteiger partial charge in [-0.05, 0) is 43.7 Å². The number of esters is 1. The molecule has 2 aromatic rings. The maximum absolute atomic E-state index is 11.7. The topological polar surface area (TPSA) is 93.8 Å². The van der Waals surface area contributed by atoms with Crippen LogP contribution in [0.3, 0.4) is 0 Å². The average Bonchev–Trinajstić information content (AvgIpc) is 2.60. The maximum Gasteiger partial charge on any atom is 0.338 e. The molecule has 0 fully saturated rings. The van der Waals surface area contributed by atoms with E-state index in [9.17, 15) is 14.9 Å². The van der Waals surface area contributed by atoms with Gasteiger partial charge in [0.15, 0.2) is 0 Å². The molecule has 2 aromatic carbocycles. The number of nitro groups is 1. The van der Waals surface area contributed by atoms with Gasteiger partial charge in [0.2, 0.25) is 0 Å². The summed E-state index contributed by atoms with van der Waals surface area (Å²) in [5.74, 6) is -0.605. The second kappa shape index (κ2) is 8.39. The van der Waals surface area contributed by atoms with E-state index >= 15 is 0 Å². The number of carbonyl (C=O) groups is 1. The Hall–Kier alpha value is -2.74. The Balaban J connectivity index is 2.26. The number of anilines is 1. The quantitative estimate of drug-likeness (QED) is 0.333. The molecule has 0 saturated carbocycles. The van der Waals surface area contributed by atoms with Gasteiger partial charge in [-0.1, -0.05) is 28.1 Å². The minimum atomic E-state index is -0.605. The van der Waals surface area contributed by atoms with Gasteiger partial charge < -0.3 is 4.74 Å². The van der Waals surface area contributed by atoms with Crippen LogP contribution in [0.25, 0.3) is 0 Å². The molecule has 2 rings (SSSR count). The molecule has 1 N–H and O–H groups in total. The van der Waals surface area contributed by atoms with Crippen molar-refractivity contribution < 1.29 is 14.5 Å². The van der Waals surface area contributed by atoms with Crippen molar-refractivity contribution in [1.29, 1.82) is 0 Å². The minimum Gasteiger partial charge on any atom is -0.462 e. The highest BCUT2D eigenvalue weighted by atomic mass is 79.9. The number of rotatable bonds is 6. The predicted molar refractivity (Wildman–Crippen MR) is 99.0 cm³/mol. The van der Waals surface area contributed by atoms with Gasteiger partial charge in [-0.25, -0.2) is 4.79 Å². The molecule has 7 nitrogen and oxygen atoms in total. The molecule has 0 aliphatic rings. The molecule has 0 radical (unpaired) electrons. The van der Waals surface area contributed by atoms with E-state index in [1.54, 1.807) is 13.8 Å². The first-order valence-corrected chi connectivity index (χ1v) is 8.23. The van der Waals surface area contributed by atoms with Crippen LogP contribution in [0.2, 0.25) is 0 Å². The molecule has 0 aliphatic carbocycles. The third-order valence-electron chi connectivity index (χ3n) is 3.31. The Kier molecular flexibility index (Phi) is 6.24. The molecule has 0 aromatic heterocycles. The maximum atomic E-state index is 11.7. The zero-order valence-corrected chi connectivity index (χ0v) is 15.2. The fraction of sp³-hybridized carbons (Fsp3) is 0.176. The molecule has 0 heterocycles. The Bertz CT molecular complexity index is 819. The van der Waals surface area contributed by atoms with Crippen molar-refractivity contribution in [3.8, 4) is 0 Å². The normalized spacial score (nSPS) is 11.1. The minimum absolute atomic E-state index is 0.118. The Morgan fingerprint density at radius 2 is 1.88 bits per heavy atom. The lowest BCUT2D eigenvalue weighted by atomic mass is 10.1. The SMILES string of the molecule is CCOC(=O)c1ccc(N/N=C(\C)c2ccc(Br)cc2)c([N+](=O)[O-])c1. The zero-order chi connectivity index (χ0) is 18.4. The van der Waals surface area contributed by atoms with Gasteiger partial charge in [-0.15, -0.1) is 0 Å². The molecule has 0 spiro atoms. The van der Waals surface area contributed by atoms with Crippen molar-refractivity contribution >= 4 is 39.0 Å². The summed E-state index contributed by atoms with van der Waals surface area (Å²) in [6, 6.07) is 11.6. The van der Waals surface area contributed by atoms with Crippen molar-refractivity contribution in [2.45, 2.75) is 13.8 Å². The number of benzene rings is 2. The van der Waals surface area contributed by atoms with Crippen LogP contribution in [-0.2, 0) is 4.74 Å². The molecule has 0 bridgehead atoms. The van der Waals surface area contributed by atoms with Gasteiger partial charge >= 0.3 is 5.97 Å². The third-order valence-corrected chi connectivity index (χ3v) is 3.84. The van der Waals surface area contributed by atoms with Gasteiger partial charge in [0.25, 0.3) is 5.69 Å². The second-order valence-electron chi connectivity index (χ2n) is 5.03. The molecule has 0 unspecified atom stereocenters. The summed E-state index contributed by atoms with van der Waals surface area (Å²) < 4.78 is 5.80. The summed E-state index contributed by atoms with van der Waals surface area (Å²) in [6.07, 6.45) is 0. The van der Waals surface area contributed by atoms with Crippen molar-refractivity contribution in [2.75, 3.05) is 12.0 Å². The van der Waals surface area contributed by atoms with Crippen LogP contribution in [0.4, 0.5) is 11.4 Å². The number of nitrogens with zero attached hydrogens (tertiary/aromatic N) is 2. The number of nitrogens with one attached hydrogen (secondary N) is 1. The summed E-state index contributed by atoms with van der Waals surface area (Å²) >= 11 is 3.36. The number of hydrogen-bond donors (Lipinski definition) is 1. The Labute approximate surface area is 153 Å². The number of hydrogen-bond acceptors (Lipinski definition) is 6. The molecule has 0 atom stereocenters. The van der Waals surface area contributed by atoms with Gasteiger partial charge in [-0.2, -0.15) is 5.10 Å². The monoisotopic (exact) mass is 405 g/mol. The number of carbonyl (C=O) groups excluding carboxylic acids is 1. The Morgan fingerprint density at radius 3 is 2.48 bits per heavy atom. The van der Waals surface area contributed by atoms with E-state index in [2.05, 4.69) is 26.5 Å². The molecule has 130 valence electrons. The zero-order valence-electron chi connectivity index (χ0n) is 13.7. The van der Waals surface area contributed by atoms with Gasteiger partial charge in [-0.3, -0.25) is 15.5 Å². The molecule has 0 saturated heterocycles. The molecule has 8 heteroatoms. The lowest BCUT2D eigenvalue weighted by Gasteiger charge is -2.07. The fourth-order valence-corrected chi connectivity index (χ4v) is 2.28. The van der Waals surface area contributed by atoms with Crippen molar-refractivity contribution in [2.24, 2.45) is 5.10 Å². The van der Waals surface area contributed by atoms with Gasteiger partial charge in [0.05, 0.1) is 22.8 Å². The average molecular weight is 406 g/mol. The van der Waals surface area contributed by atoms with Crippen LogP contribution in [0.5, 0.6) is 0 Å². The van der Waals surface area contributed by atoms with Crippen LogP contribution in [-0.4, -0.2) is 23.2 Å². The van der Waals surface area contributed by atoms with Crippen molar-refractivity contribution in [1.82, 2.24) is 0 Å². The largest absolute Gasteiger partial charge is 0.462 e. The predicted octanol–water partition coefficient (Wildman–Crippen LogP) is 4.37. The fourth-order valence-electron chi connectivity index (χ4n) is 2.02. The first-order chi connectivity index (χ1) is 11.9. The van der Waals surface area contributed by atoms with E-state index in [4.69, 9.17) is 4.74 Å². The molecular formula is C17H16BrN3O4. The highest BCUT2D eigenvalue weighted by molar-refractivity contribution is 9.10. The van der Waals surface area contributed by atoms with Crippen LogP contribution < -0.4 is 5.43 Å². The molecule has 0 aliphatic heterocycles. The second-order valence-corrected chi connectivity index (χ2v) is 5.94. The summed E-state index contributed by atoms with van der Waals surface area (Å²) in [7, 11) is 0. The third kappa shape index (κ3) is 4.87. The van der Waals surface area contributed by atoms with Crippen LogP contribution in [0.1, 0.15) is 29.8 Å². The standard InChI is InChI=1S/C17H16BrN3O4/c1-3-25-17(22)13-6-9-15(16(10-13)21(23)24)20-19-11(2)12-4-7-14(18)8-5-12/h4-10,20H,3H2,1-2H3/b19-11+. The lowest BCUT2D eigenvalue weighted by molar-refractivity contribution is -0.384. The highest BCUT2D eigenvalue weighted by Gasteiger charge is 2.18. The summed E-state index contributed by atoms with van der Waals surface area (Å²) in [6.45, 7) is 3.65. The first kappa shape index (κ1) is 18.6. The summed E-state index contributed by atoms with van der Waals surface area (Å²) in [4.78, 5) is 22.4. The number of nitro benzene ring substituents is 1. The smallest absolute Gasteiger partial charge is 0.338 e. The summed E-state index contributed by atoms with van der Waals surface area (Å²) in [5, 5.41) is 15.4. The number of ether oxygens (including phenoxy) is 1. The van der Waals surface area contributed by atoms with Crippen LogP contribution in [0.15, 0.2) is 52.0 Å². The van der Waals surface area contributed by atoms with E-state index in [0.29, 0.717) is 5.71 Å². The van der Waals surface area contributed by atoms with Crippen LogP contribution in [0, 0.1) is 10.1 Å². The van der Waals surface area contributed by atoms with E-state index < -0.39 is 10.9 Å². The summed E-state index contributed by atoms with van der Waals surface area (Å²) in [5.41, 5.74) is 4.28. The van der Waals surface area contributed by atoms with E-state index in [1.165, 1.54) is 18.2 Å². The van der Waals surface area contributed by atoms with Gasteiger partial charge in [0.1, 0.15) is 5.69 Å². The molecular weight excluding hydrogens is 390 g/mol. The number of hydrazone groups is 1. The molecule has 25 heavy (non-hydrogen) atoms. The highest BCUT2D eigenvalue weighted by Crippen LogP contribution is 2.26. The van der Waals surface area contributed by atoms with Crippen LogP contribution >= 0.6 is 15.9 Å². The number of halogens is 1. The van der Waals surface area contributed by atoms with E-state index in [1.807, 2.05) is 24.3 Å². The van der Waals surface area contributed by atoms with E-state index in [0.717, 1.165) is 10.0 Å². The van der Waals surface area contributed by atoms with Crippen molar-refractivity contribution in [3.63, 3.8) is 0 Å². The van der Waals surface area contributed by atoms with Crippen molar-refractivity contribution in [3.05, 3.63) is 68.2 Å².